The quantitative estimate of drug-likeness (QED) is 0.505. The van der Waals surface area contributed by atoms with Crippen LogP contribution in [-0.2, 0) is 11.3 Å². The van der Waals surface area contributed by atoms with Gasteiger partial charge in [0.2, 0.25) is 11.1 Å². The summed E-state index contributed by atoms with van der Waals surface area (Å²) in [5.41, 5.74) is 1.71. The summed E-state index contributed by atoms with van der Waals surface area (Å²) in [6.07, 6.45) is 3.44. The van der Waals surface area contributed by atoms with Crippen LogP contribution >= 0.6 is 11.8 Å². The van der Waals surface area contributed by atoms with Crippen LogP contribution in [-0.4, -0.2) is 45.5 Å². The summed E-state index contributed by atoms with van der Waals surface area (Å²) in [6, 6.07) is 9.24. The standard InChI is InChI=1S/C21H25N5O3S/c1-13(2)18(20(27)23-12-14-6-5-9-22-11-14)30-21-24-19(25-26-21)16-8-7-15(28-3)10-17(16)29-4/h5-11,13,18H,12H2,1-4H3,(H,23,27)(H,24,25,26). The van der Waals surface area contributed by atoms with Gasteiger partial charge in [-0.25, -0.2) is 4.98 Å². The van der Waals surface area contributed by atoms with Crippen LogP contribution in [0.3, 0.4) is 0 Å². The van der Waals surface area contributed by atoms with E-state index in [1.54, 1.807) is 32.7 Å². The second-order valence-corrected chi connectivity index (χ2v) is 8.00. The number of amides is 1. The first-order valence-electron chi connectivity index (χ1n) is 9.50. The van der Waals surface area contributed by atoms with Gasteiger partial charge in [-0.1, -0.05) is 31.7 Å². The van der Waals surface area contributed by atoms with Crippen molar-refractivity contribution in [1.29, 1.82) is 0 Å². The number of thioether (sulfide) groups is 1. The first kappa shape index (κ1) is 21.6. The highest BCUT2D eigenvalue weighted by molar-refractivity contribution is 8.00. The lowest BCUT2D eigenvalue weighted by atomic mass is 10.1. The summed E-state index contributed by atoms with van der Waals surface area (Å²) in [5.74, 6) is 1.91. The fourth-order valence-corrected chi connectivity index (χ4v) is 3.74. The number of carbonyl (C=O) groups is 1. The van der Waals surface area contributed by atoms with E-state index in [9.17, 15) is 4.79 Å². The van der Waals surface area contributed by atoms with Crippen molar-refractivity contribution in [2.45, 2.75) is 30.8 Å². The first-order chi connectivity index (χ1) is 14.5. The molecule has 3 aromatic rings. The molecule has 2 N–H and O–H groups in total. The van der Waals surface area contributed by atoms with Crippen molar-refractivity contribution in [2.75, 3.05) is 14.2 Å². The highest BCUT2D eigenvalue weighted by atomic mass is 32.2. The number of hydrogen-bond donors (Lipinski definition) is 2. The second kappa shape index (κ2) is 10.1. The summed E-state index contributed by atoms with van der Waals surface area (Å²) in [7, 11) is 3.19. The number of ether oxygens (including phenoxy) is 2. The average molecular weight is 428 g/mol. The van der Waals surface area contributed by atoms with E-state index in [0.29, 0.717) is 29.0 Å². The van der Waals surface area contributed by atoms with E-state index in [-0.39, 0.29) is 17.1 Å². The summed E-state index contributed by atoms with van der Waals surface area (Å²) in [6.45, 7) is 4.43. The molecule has 0 spiro atoms. The minimum Gasteiger partial charge on any atom is -0.497 e. The Morgan fingerprint density at radius 1 is 1.23 bits per heavy atom. The van der Waals surface area contributed by atoms with Crippen LogP contribution in [0.25, 0.3) is 11.4 Å². The number of methoxy groups -OCH3 is 2. The third kappa shape index (κ3) is 5.29. The normalized spacial score (nSPS) is 11.9. The molecule has 2 heterocycles. The predicted molar refractivity (Wildman–Crippen MR) is 115 cm³/mol. The van der Waals surface area contributed by atoms with Crippen molar-refractivity contribution < 1.29 is 14.3 Å². The molecule has 0 fully saturated rings. The molecule has 30 heavy (non-hydrogen) atoms. The molecule has 0 aliphatic carbocycles. The smallest absolute Gasteiger partial charge is 0.234 e. The van der Waals surface area contributed by atoms with Gasteiger partial charge in [-0.2, -0.15) is 0 Å². The molecule has 1 unspecified atom stereocenters. The number of H-pyrrole nitrogens is 1. The van der Waals surface area contributed by atoms with Crippen LogP contribution in [0.5, 0.6) is 11.5 Å². The lowest BCUT2D eigenvalue weighted by molar-refractivity contribution is -0.121. The molecule has 0 aliphatic rings. The Bertz CT molecular complexity index is 978. The Morgan fingerprint density at radius 2 is 2.07 bits per heavy atom. The van der Waals surface area contributed by atoms with E-state index in [0.717, 1.165) is 11.1 Å². The molecule has 0 aliphatic heterocycles. The Labute approximate surface area is 179 Å². The molecule has 0 bridgehead atoms. The summed E-state index contributed by atoms with van der Waals surface area (Å²) < 4.78 is 10.7. The van der Waals surface area contributed by atoms with Crippen molar-refractivity contribution in [3.8, 4) is 22.9 Å². The molecule has 1 aromatic carbocycles. The van der Waals surface area contributed by atoms with Gasteiger partial charge in [0, 0.05) is 25.0 Å². The number of nitrogens with zero attached hydrogens (tertiary/aromatic N) is 3. The predicted octanol–water partition coefficient (Wildman–Crippen LogP) is 3.32. The topological polar surface area (TPSA) is 102 Å². The highest BCUT2D eigenvalue weighted by Crippen LogP contribution is 2.33. The first-order valence-corrected chi connectivity index (χ1v) is 10.4. The molecule has 1 atom stereocenters. The largest absolute Gasteiger partial charge is 0.497 e. The summed E-state index contributed by atoms with van der Waals surface area (Å²) >= 11 is 1.33. The minimum atomic E-state index is -0.330. The maximum atomic E-state index is 12.8. The summed E-state index contributed by atoms with van der Waals surface area (Å²) in [5, 5.41) is 10.4. The Balaban J connectivity index is 1.71. The van der Waals surface area contributed by atoms with Crippen LogP contribution in [0.4, 0.5) is 0 Å². The Kier molecular flexibility index (Phi) is 7.29. The maximum absolute atomic E-state index is 12.8. The lowest BCUT2D eigenvalue weighted by Crippen LogP contribution is -2.35. The molecule has 158 valence electrons. The molecule has 3 rings (SSSR count). The van der Waals surface area contributed by atoms with Crippen molar-refractivity contribution >= 4 is 17.7 Å². The van der Waals surface area contributed by atoms with Crippen LogP contribution in [0.2, 0.25) is 0 Å². The molecular formula is C21H25N5O3S. The average Bonchev–Trinajstić information content (AvgIpc) is 3.24. The highest BCUT2D eigenvalue weighted by Gasteiger charge is 2.25. The molecule has 9 heteroatoms. The zero-order valence-corrected chi connectivity index (χ0v) is 18.2. The van der Waals surface area contributed by atoms with Gasteiger partial charge in [-0.15, -0.1) is 5.10 Å². The van der Waals surface area contributed by atoms with Crippen LogP contribution in [0.15, 0.2) is 47.9 Å². The van der Waals surface area contributed by atoms with Gasteiger partial charge in [-0.05, 0) is 29.7 Å². The molecule has 0 saturated carbocycles. The molecule has 1 amide bonds. The SMILES string of the molecule is COc1ccc(-c2nc(SC(C(=O)NCc3cccnc3)C(C)C)n[nH]2)c(OC)c1. The van der Waals surface area contributed by atoms with Crippen molar-refractivity contribution in [2.24, 2.45) is 5.92 Å². The maximum Gasteiger partial charge on any atom is 0.234 e. The Morgan fingerprint density at radius 3 is 2.73 bits per heavy atom. The van der Waals surface area contributed by atoms with E-state index >= 15 is 0 Å². The van der Waals surface area contributed by atoms with E-state index in [1.165, 1.54) is 11.8 Å². The van der Waals surface area contributed by atoms with Gasteiger partial charge in [0.1, 0.15) is 11.5 Å². The monoisotopic (exact) mass is 427 g/mol. The van der Waals surface area contributed by atoms with Crippen LogP contribution in [0.1, 0.15) is 19.4 Å². The second-order valence-electron chi connectivity index (χ2n) is 6.89. The molecule has 0 radical (unpaired) electrons. The van der Waals surface area contributed by atoms with Crippen molar-refractivity contribution in [1.82, 2.24) is 25.5 Å². The lowest BCUT2D eigenvalue weighted by Gasteiger charge is -2.18. The molecule has 8 nitrogen and oxygen atoms in total. The zero-order valence-electron chi connectivity index (χ0n) is 17.4. The van der Waals surface area contributed by atoms with Gasteiger partial charge in [-0.3, -0.25) is 14.9 Å². The van der Waals surface area contributed by atoms with E-state index in [2.05, 4.69) is 25.5 Å². The molecular weight excluding hydrogens is 402 g/mol. The van der Waals surface area contributed by atoms with Gasteiger partial charge >= 0.3 is 0 Å². The van der Waals surface area contributed by atoms with Crippen LogP contribution < -0.4 is 14.8 Å². The number of nitrogens with one attached hydrogen (secondary N) is 2. The third-order valence-electron chi connectivity index (χ3n) is 4.41. The van der Waals surface area contributed by atoms with Crippen molar-refractivity contribution in [3.63, 3.8) is 0 Å². The summed E-state index contributed by atoms with van der Waals surface area (Å²) in [4.78, 5) is 21.4. The molecule has 0 saturated heterocycles. The fourth-order valence-electron chi connectivity index (χ4n) is 2.81. The van der Waals surface area contributed by atoms with Gasteiger partial charge < -0.3 is 14.8 Å². The number of benzene rings is 1. The fraction of sp³-hybridized carbons (Fsp3) is 0.333. The zero-order chi connectivity index (χ0) is 21.5. The number of aromatic nitrogens is 4. The number of rotatable bonds is 9. The van der Waals surface area contributed by atoms with Gasteiger partial charge in [0.25, 0.3) is 0 Å². The number of pyridine rings is 1. The number of hydrogen-bond acceptors (Lipinski definition) is 7. The van der Waals surface area contributed by atoms with Gasteiger partial charge in [0.05, 0.1) is 25.0 Å². The number of carbonyl (C=O) groups excluding carboxylic acids is 1. The Hall–Kier alpha value is -3.07. The van der Waals surface area contributed by atoms with Crippen molar-refractivity contribution in [3.05, 3.63) is 48.3 Å². The van der Waals surface area contributed by atoms with Gasteiger partial charge in [0.15, 0.2) is 5.82 Å². The van der Waals surface area contributed by atoms with E-state index in [4.69, 9.17) is 9.47 Å². The third-order valence-corrected chi connectivity index (χ3v) is 5.82. The van der Waals surface area contributed by atoms with E-state index < -0.39 is 0 Å². The van der Waals surface area contributed by atoms with Crippen LogP contribution in [0, 0.1) is 5.92 Å². The minimum absolute atomic E-state index is 0.0627. The van der Waals surface area contributed by atoms with E-state index in [1.807, 2.05) is 38.1 Å². The number of aromatic amines is 1. The molecule has 2 aromatic heterocycles.